The first-order valence-corrected chi connectivity index (χ1v) is 10.2. The minimum Gasteiger partial charge on any atom is -0.481 e. The van der Waals surface area contributed by atoms with Crippen LogP contribution < -0.4 is 14.4 Å². The highest BCUT2D eigenvalue weighted by molar-refractivity contribution is 7.92. The summed E-state index contributed by atoms with van der Waals surface area (Å²) in [4.78, 5) is 12.4. The standard InChI is InChI=1S/C18H21ClN2O4S/c1-4-17(18(22)20-14-7-5-6-13(19)12-14)25-16-10-8-15(9-11-16)21(2)26(3,23)24/h5-12,17H,4H2,1-3H3,(H,20,22)/t17-/m0/s1. The zero-order valence-corrected chi connectivity index (χ0v) is 16.3. The van der Waals surface area contributed by atoms with Crippen molar-refractivity contribution in [2.45, 2.75) is 19.4 Å². The molecule has 1 amide bonds. The fourth-order valence-corrected chi connectivity index (χ4v) is 2.90. The molecule has 0 fully saturated rings. The molecular formula is C18H21ClN2O4S. The van der Waals surface area contributed by atoms with Crippen molar-refractivity contribution in [1.29, 1.82) is 0 Å². The minimum absolute atomic E-state index is 0.285. The summed E-state index contributed by atoms with van der Waals surface area (Å²) in [6.07, 6.45) is 0.912. The third-order valence-electron chi connectivity index (χ3n) is 3.73. The van der Waals surface area contributed by atoms with E-state index in [1.54, 1.807) is 48.5 Å². The number of nitrogens with one attached hydrogen (secondary N) is 1. The second-order valence-corrected chi connectivity index (χ2v) is 8.19. The van der Waals surface area contributed by atoms with Crippen molar-refractivity contribution in [3.8, 4) is 5.75 Å². The Balaban J connectivity index is 2.06. The third kappa shape index (κ3) is 5.37. The molecule has 0 heterocycles. The normalized spacial score (nSPS) is 12.3. The van der Waals surface area contributed by atoms with Gasteiger partial charge in [-0.05, 0) is 48.9 Å². The number of halogens is 1. The van der Waals surface area contributed by atoms with Crippen molar-refractivity contribution in [2.75, 3.05) is 22.9 Å². The lowest BCUT2D eigenvalue weighted by Crippen LogP contribution is -2.32. The molecule has 0 aliphatic rings. The van der Waals surface area contributed by atoms with Crippen LogP contribution in [-0.4, -0.2) is 33.7 Å². The van der Waals surface area contributed by atoms with E-state index in [4.69, 9.17) is 16.3 Å². The zero-order chi connectivity index (χ0) is 19.3. The van der Waals surface area contributed by atoms with E-state index in [9.17, 15) is 13.2 Å². The van der Waals surface area contributed by atoms with Gasteiger partial charge in [0.05, 0.1) is 11.9 Å². The minimum atomic E-state index is -3.33. The number of rotatable bonds is 7. The quantitative estimate of drug-likeness (QED) is 0.776. The van der Waals surface area contributed by atoms with Gasteiger partial charge >= 0.3 is 0 Å². The van der Waals surface area contributed by atoms with E-state index in [-0.39, 0.29) is 5.91 Å². The van der Waals surface area contributed by atoms with Crippen LogP contribution in [0, 0.1) is 0 Å². The van der Waals surface area contributed by atoms with Gasteiger partial charge in [-0.25, -0.2) is 8.42 Å². The number of benzene rings is 2. The molecule has 140 valence electrons. The van der Waals surface area contributed by atoms with Gasteiger partial charge in [0.2, 0.25) is 10.0 Å². The van der Waals surface area contributed by atoms with Crippen molar-refractivity contribution in [3.63, 3.8) is 0 Å². The summed E-state index contributed by atoms with van der Waals surface area (Å²) in [5.74, 6) is 0.191. The molecule has 1 atom stereocenters. The summed E-state index contributed by atoms with van der Waals surface area (Å²) in [6, 6.07) is 13.4. The van der Waals surface area contributed by atoms with E-state index in [1.165, 1.54) is 11.4 Å². The van der Waals surface area contributed by atoms with E-state index in [1.807, 2.05) is 6.92 Å². The molecule has 2 aromatic carbocycles. The average Bonchev–Trinajstić information content (AvgIpc) is 2.58. The molecule has 2 rings (SSSR count). The molecule has 1 N–H and O–H groups in total. The summed E-state index contributed by atoms with van der Waals surface area (Å²) >= 11 is 5.91. The Hall–Kier alpha value is -2.25. The SMILES string of the molecule is CC[C@H](Oc1ccc(N(C)S(C)(=O)=O)cc1)C(=O)Nc1cccc(Cl)c1. The molecule has 0 aromatic heterocycles. The largest absolute Gasteiger partial charge is 0.481 e. The molecule has 0 unspecified atom stereocenters. The van der Waals surface area contributed by atoms with Crippen LogP contribution in [0.15, 0.2) is 48.5 Å². The molecule has 0 bridgehead atoms. The van der Waals surface area contributed by atoms with E-state index < -0.39 is 16.1 Å². The average molecular weight is 397 g/mol. The van der Waals surface area contributed by atoms with Gasteiger partial charge in [0.25, 0.3) is 5.91 Å². The van der Waals surface area contributed by atoms with Crippen molar-refractivity contribution < 1.29 is 17.9 Å². The first-order valence-electron chi connectivity index (χ1n) is 7.97. The Morgan fingerprint density at radius 3 is 2.42 bits per heavy atom. The predicted octanol–water partition coefficient (Wildman–Crippen LogP) is 3.53. The van der Waals surface area contributed by atoms with Crippen LogP contribution in [0.5, 0.6) is 5.75 Å². The van der Waals surface area contributed by atoms with Gasteiger partial charge in [-0.1, -0.05) is 24.6 Å². The monoisotopic (exact) mass is 396 g/mol. The lowest BCUT2D eigenvalue weighted by molar-refractivity contribution is -0.122. The maximum absolute atomic E-state index is 12.4. The number of amides is 1. The van der Waals surface area contributed by atoms with Crippen LogP contribution in [-0.2, 0) is 14.8 Å². The van der Waals surface area contributed by atoms with Crippen LogP contribution in [0.4, 0.5) is 11.4 Å². The molecule has 0 saturated heterocycles. The molecule has 0 spiro atoms. The molecular weight excluding hydrogens is 376 g/mol. The van der Waals surface area contributed by atoms with Gasteiger partial charge in [-0.15, -0.1) is 0 Å². The lowest BCUT2D eigenvalue weighted by atomic mass is 10.2. The summed E-state index contributed by atoms with van der Waals surface area (Å²) in [5, 5.41) is 3.30. The summed E-state index contributed by atoms with van der Waals surface area (Å²) < 4.78 is 30.0. The topological polar surface area (TPSA) is 75.7 Å². The maximum Gasteiger partial charge on any atom is 0.265 e. The third-order valence-corrected chi connectivity index (χ3v) is 5.17. The lowest BCUT2D eigenvalue weighted by Gasteiger charge is -2.19. The Labute approximate surface area is 158 Å². The highest BCUT2D eigenvalue weighted by Gasteiger charge is 2.19. The molecule has 8 heteroatoms. The number of carbonyl (C=O) groups excluding carboxylic acids is 1. The maximum atomic E-state index is 12.4. The van der Waals surface area contributed by atoms with Crippen molar-refractivity contribution in [1.82, 2.24) is 0 Å². The highest BCUT2D eigenvalue weighted by Crippen LogP contribution is 2.22. The first kappa shape index (κ1) is 20.1. The number of hydrogen-bond donors (Lipinski definition) is 1. The summed E-state index contributed by atoms with van der Waals surface area (Å²) in [7, 11) is -1.86. The number of nitrogens with zero attached hydrogens (tertiary/aromatic N) is 1. The van der Waals surface area contributed by atoms with Gasteiger partial charge in [0.15, 0.2) is 6.10 Å². The molecule has 0 aliphatic carbocycles. The molecule has 2 aromatic rings. The van der Waals surface area contributed by atoms with Gasteiger partial charge in [0, 0.05) is 17.8 Å². The smallest absolute Gasteiger partial charge is 0.265 e. The second-order valence-electron chi connectivity index (χ2n) is 5.74. The van der Waals surface area contributed by atoms with Crippen molar-refractivity contribution >= 4 is 38.9 Å². The van der Waals surface area contributed by atoms with Crippen LogP contribution in [0.2, 0.25) is 5.02 Å². The summed E-state index contributed by atoms with van der Waals surface area (Å²) in [6.45, 7) is 1.84. The van der Waals surface area contributed by atoms with E-state index in [0.717, 1.165) is 6.26 Å². The van der Waals surface area contributed by atoms with Crippen LogP contribution in [0.25, 0.3) is 0 Å². The number of carbonyl (C=O) groups is 1. The number of sulfonamides is 1. The van der Waals surface area contributed by atoms with Gasteiger partial charge in [-0.3, -0.25) is 9.10 Å². The Morgan fingerprint density at radius 2 is 1.88 bits per heavy atom. The first-order chi connectivity index (χ1) is 12.2. The van der Waals surface area contributed by atoms with E-state index >= 15 is 0 Å². The number of hydrogen-bond acceptors (Lipinski definition) is 4. The Bertz CT molecular complexity index is 869. The van der Waals surface area contributed by atoms with Crippen LogP contribution >= 0.6 is 11.6 Å². The van der Waals surface area contributed by atoms with E-state index in [2.05, 4.69) is 5.32 Å². The van der Waals surface area contributed by atoms with Crippen molar-refractivity contribution in [2.24, 2.45) is 0 Å². The van der Waals surface area contributed by atoms with Gasteiger partial charge < -0.3 is 10.1 Å². The zero-order valence-electron chi connectivity index (χ0n) is 14.8. The van der Waals surface area contributed by atoms with Crippen molar-refractivity contribution in [3.05, 3.63) is 53.6 Å². The predicted molar refractivity (Wildman–Crippen MR) is 104 cm³/mol. The van der Waals surface area contributed by atoms with Gasteiger partial charge in [0.1, 0.15) is 5.75 Å². The highest BCUT2D eigenvalue weighted by atomic mass is 35.5. The molecule has 0 saturated carbocycles. The summed E-state index contributed by atoms with van der Waals surface area (Å²) in [5.41, 5.74) is 1.10. The number of ether oxygens (including phenoxy) is 1. The Kier molecular flexibility index (Phi) is 6.50. The molecule has 0 aliphatic heterocycles. The Morgan fingerprint density at radius 1 is 1.23 bits per heavy atom. The molecule has 26 heavy (non-hydrogen) atoms. The van der Waals surface area contributed by atoms with Gasteiger partial charge in [-0.2, -0.15) is 0 Å². The fourth-order valence-electron chi connectivity index (χ4n) is 2.20. The fraction of sp³-hybridized carbons (Fsp3) is 0.278. The molecule has 0 radical (unpaired) electrons. The van der Waals surface area contributed by atoms with Crippen LogP contribution in [0.1, 0.15) is 13.3 Å². The molecule has 6 nitrogen and oxygen atoms in total. The van der Waals surface area contributed by atoms with Crippen LogP contribution in [0.3, 0.4) is 0 Å². The second kappa shape index (κ2) is 8.42. The number of anilines is 2. The van der Waals surface area contributed by atoms with E-state index in [0.29, 0.717) is 28.6 Å².